The van der Waals surface area contributed by atoms with Gasteiger partial charge in [0.2, 0.25) is 17.7 Å². The number of carbonyl (C=O) groups excluding carboxylic acids is 1. The quantitative estimate of drug-likeness (QED) is 0.763. The lowest BCUT2D eigenvalue weighted by molar-refractivity contribution is -0.122. The second-order valence-corrected chi connectivity index (χ2v) is 6.79. The van der Waals surface area contributed by atoms with Crippen molar-refractivity contribution in [2.45, 2.75) is 26.8 Å². The third kappa shape index (κ3) is 5.22. The first kappa shape index (κ1) is 18.2. The molecule has 1 aliphatic rings. The first-order valence-electron chi connectivity index (χ1n) is 8.92. The molecule has 1 N–H and O–H groups in total. The van der Waals surface area contributed by atoms with Crippen LogP contribution in [0.1, 0.15) is 25.6 Å². The molecule has 0 radical (unpaired) electrons. The smallest absolute Gasteiger partial charge is 0.234 e. The maximum atomic E-state index is 12.1. The van der Waals surface area contributed by atoms with E-state index in [9.17, 15) is 4.79 Å². The van der Waals surface area contributed by atoms with Crippen LogP contribution >= 0.6 is 0 Å². The maximum absolute atomic E-state index is 12.1. The molecule has 2 aromatic rings. The van der Waals surface area contributed by atoms with Crippen molar-refractivity contribution in [3.63, 3.8) is 0 Å². The number of anilines is 1. The summed E-state index contributed by atoms with van der Waals surface area (Å²) in [5.74, 6) is 2.29. The van der Waals surface area contributed by atoms with Crippen LogP contribution in [0.15, 0.2) is 23.0 Å². The summed E-state index contributed by atoms with van der Waals surface area (Å²) in [6, 6.07) is 1.81. The predicted octanol–water partition coefficient (Wildman–Crippen LogP) is 0.497. The van der Waals surface area contributed by atoms with Gasteiger partial charge in [-0.05, 0) is 12.0 Å². The predicted molar refractivity (Wildman–Crippen MR) is 95.4 cm³/mol. The third-order valence-corrected chi connectivity index (χ3v) is 4.11. The Kier molecular flexibility index (Phi) is 6.11. The Morgan fingerprint density at radius 2 is 1.96 bits per heavy atom. The van der Waals surface area contributed by atoms with Crippen molar-refractivity contribution in [1.29, 1.82) is 0 Å². The highest BCUT2D eigenvalue weighted by Crippen LogP contribution is 2.09. The molecule has 0 unspecified atom stereocenters. The minimum atomic E-state index is -0.0374. The SMILES string of the molecule is CC(C)Cc1nc(CNC(=O)CN2CCN(c3ncccn3)CC2)no1. The van der Waals surface area contributed by atoms with Crippen molar-refractivity contribution in [2.75, 3.05) is 37.6 Å². The number of rotatable bonds is 7. The fourth-order valence-electron chi connectivity index (χ4n) is 2.79. The largest absolute Gasteiger partial charge is 0.348 e. The molecule has 1 fully saturated rings. The summed E-state index contributed by atoms with van der Waals surface area (Å²) in [5.41, 5.74) is 0. The van der Waals surface area contributed by atoms with Gasteiger partial charge in [-0.15, -0.1) is 0 Å². The summed E-state index contributed by atoms with van der Waals surface area (Å²) in [5, 5.41) is 6.75. The number of nitrogens with one attached hydrogen (secondary N) is 1. The fraction of sp³-hybridized carbons (Fsp3) is 0.588. The topological polar surface area (TPSA) is 100 Å². The summed E-state index contributed by atoms with van der Waals surface area (Å²) in [6.07, 6.45) is 4.23. The first-order chi connectivity index (χ1) is 12.6. The van der Waals surface area contributed by atoms with Crippen LogP contribution in [0, 0.1) is 5.92 Å². The van der Waals surface area contributed by atoms with Crippen LogP contribution in [0.25, 0.3) is 0 Å². The number of nitrogens with zero attached hydrogens (tertiary/aromatic N) is 6. The Labute approximate surface area is 152 Å². The number of piperazine rings is 1. The van der Waals surface area contributed by atoms with Crippen molar-refractivity contribution < 1.29 is 9.32 Å². The molecule has 26 heavy (non-hydrogen) atoms. The van der Waals surface area contributed by atoms with Crippen LogP contribution in [0.2, 0.25) is 0 Å². The molecule has 3 rings (SSSR count). The molecule has 0 aliphatic carbocycles. The summed E-state index contributed by atoms with van der Waals surface area (Å²) in [6.45, 7) is 8.04. The fourth-order valence-corrected chi connectivity index (χ4v) is 2.79. The maximum Gasteiger partial charge on any atom is 0.234 e. The van der Waals surface area contributed by atoms with Crippen molar-refractivity contribution in [3.05, 3.63) is 30.2 Å². The minimum Gasteiger partial charge on any atom is -0.348 e. The van der Waals surface area contributed by atoms with Gasteiger partial charge in [0.15, 0.2) is 5.82 Å². The molecular weight excluding hydrogens is 334 g/mol. The van der Waals surface area contributed by atoms with Gasteiger partial charge >= 0.3 is 0 Å². The van der Waals surface area contributed by atoms with E-state index in [1.165, 1.54) is 0 Å². The summed E-state index contributed by atoms with van der Waals surface area (Å²) >= 11 is 0. The van der Waals surface area contributed by atoms with Crippen molar-refractivity contribution >= 4 is 11.9 Å². The van der Waals surface area contributed by atoms with E-state index >= 15 is 0 Å². The zero-order chi connectivity index (χ0) is 18.4. The number of hydrogen-bond acceptors (Lipinski definition) is 8. The summed E-state index contributed by atoms with van der Waals surface area (Å²) < 4.78 is 5.17. The van der Waals surface area contributed by atoms with E-state index < -0.39 is 0 Å². The number of amides is 1. The van der Waals surface area contributed by atoms with Crippen LogP contribution < -0.4 is 10.2 Å². The molecule has 9 nitrogen and oxygen atoms in total. The molecule has 0 spiro atoms. The second-order valence-electron chi connectivity index (χ2n) is 6.79. The van der Waals surface area contributed by atoms with Crippen molar-refractivity contribution in [2.24, 2.45) is 5.92 Å². The highest BCUT2D eigenvalue weighted by Gasteiger charge is 2.20. The first-order valence-corrected chi connectivity index (χ1v) is 8.92. The van der Waals surface area contributed by atoms with Gasteiger partial charge in [0.25, 0.3) is 0 Å². The zero-order valence-corrected chi connectivity index (χ0v) is 15.3. The van der Waals surface area contributed by atoms with Gasteiger partial charge in [0.05, 0.1) is 13.1 Å². The lowest BCUT2D eigenvalue weighted by atomic mass is 10.1. The zero-order valence-electron chi connectivity index (χ0n) is 15.3. The Morgan fingerprint density at radius 1 is 1.23 bits per heavy atom. The van der Waals surface area contributed by atoms with E-state index in [1.54, 1.807) is 18.5 Å². The molecular formula is C17H25N7O2. The van der Waals surface area contributed by atoms with E-state index in [-0.39, 0.29) is 12.5 Å². The average Bonchev–Trinajstić information content (AvgIpc) is 3.08. The van der Waals surface area contributed by atoms with Gasteiger partial charge in [-0.1, -0.05) is 19.0 Å². The van der Waals surface area contributed by atoms with E-state index in [0.717, 1.165) is 38.5 Å². The Balaban J connectivity index is 1.38. The summed E-state index contributed by atoms with van der Waals surface area (Å²) in [4.78, 5) is 29.2. The van der Waals surface area contributed by atoms with E-state index in [2.05, 4.69) is 49.1 Å². The molecule has 3 heterocycles. The minimum absolute atomic E-state index is 0.0374. The lowest BCUT2D eigenvalue weighted by Gasteiger charge is -2.34. The molecule has 0 atom stereocenters. The Morgan fingerprint density at radius 3 is 2.65 bits per heavy atom. The Hall–Kier alpha value is -2.55. The molecule has 9 heteroatoms. The van der Waals surface area contributed by atoms with Gasteiger partial charge < -0.3 is 14.7 Å². The van der Waals surface area contributed by atoms with E-state index in [0.29, 0.717) is 24.2 Å². The monoisotopic (exact) mass is 359 g/mol. The lowest BCUT2D eigenvalue weighted by Crippen LogP contribution is -2.49. The number of carbonyl (C=O) groups is 1. The van der Waals surface area contributed by atoms with Crippen molar-refractivity contribution in [1.82, 2.24) is 30.3 Å². The van der Waals surface area contributed by atoms with Crippen LogP contribution in [0.3, 0.4) is 0 Å². The average molecular weight is 359 g/mol. The van der Waals surface area contributed by atoms with Crippen LogP contribution in [0.5, 0.6) is 0 Å². The summed E-state index contributed by atoms with van der Waals surface area (Å²) in [7, 11) is 0. The van der Waals surface area contributed by atoms with Crippen LogP contribution in [-0.4, -0.2) is 63.6 Å². The standard InChI is InChI=1S/C17H25N7O2/c1-13(2)10-16-21-14(22-26-16)11-20-15(25)12-23-6-8-24(9-7-23)17-18-4-3-5-19-17/h3-5,13H,6-12H2,1-2H3,(H,20,25). The van der Waals surface area contributed by atoms with Crippen LogP contribution in [0.4, 0.5) is 5.95 Å². The van der Waals surface area contributed by atoms with Gasteiger partial charge in [0.1, 0.15) is 0 Å². The van der Waals surface area contributed by atoms with Crippen molar-refractivity contribution in [3.8, 4) is 0 Å². The molecule has 1 saturated heterocycles. The Bertz CT molecular complexity index is 696. The normalized spacial score (nSPS) is 15.4. The third-order valence-electron chi connectivity index (χ3n) is 4.11. The second kappa shape index (κ2) is 8.70. The molecule has 0 saturated carbocycles. The van der Waals surface area contributed by atoms with Gasteiger partial charge in [-0.2, -0.15) is 4.98 Å². The molecule has 0 aromatic carbocycles. The molecule has 1 amide bonds. The molecule has 140 valence electrons. The van der Waals surface area contributed by atoms with Crippen LogP contribution in [-0.2, 0) is 17.8 Å². The number of hydrogen-bond donors (Lipinski definition) is 1. The highest BCUT2D eigenvalue weighted by molar-refractivity contribution is 5.77. The molecule has 1 aliphatic heterocycles. The molecule has 0 bridgehead atoms. The van der Waals surface area contributed by atoms with E-state index in [1.807, 2.05) is 0 Å². The van der Waals surface area contributed by atoms with Gasteiger partial charge in [-0.25, -0.2) is 9.97 Å². The van der Waals surface area contributed by atoms with Gasteiger partial charge in [-0.3, -0.25) is 9.69 Å². The number of aromatic nitrogens is 4. The van der Waals surface area contributed by atoms with E-state index in [4.69, 9.17) is 4.52 Å². The highest BCUT2D eigenvalue weighted by atomic mass is 16.5. The molecule has 2 aromatic heterocycles. The van der Waals surface area contributed by atoms with Gasteiger partial charge in [0, 0.05) is 45.0 Å².